The lowest BCUT2D eigenvalue weighted by molar-refractivity contribution is -0.394. The van der Waals surface area contributed by atoms with Crippen LogP contribution in [0.4, 0.5) is 11.4 Å². The third kappa shape index (κ3) is 3.34. The number of nitrogens with zero attached hydrogens (tertiary/aromatic N) is 2. The van der Waals surface area contributed by atoms with Crippen molar-refractivity contribution in [1.82, 2.24) is 0 Å². The number of nitro groups is 2. The molecule has 0 radical (unpaired) electrons. The lowest BCUT2D eigenvalue weighted by Gasteiger charge is -2.31. The lowest BCUT2D eigenvalue weighted by Crippen LogP contribution is -2.48. The number of ether oxygens (including phenoxy) is 4. The molecule has 3 aliphatic rings. The van der Waals surface area contributed by atoms with E-state index in [0.717, 1.165) is 18.2 Å². The molecule has 4 rings (SSSR count). The van der Waals surface area contributed by atoms with Crippen molar-refractivity contribution in [1.29, 1.82) is 0 Å². The van der Waals surface area contributed by atoms with E-state index in [1.165, 1.54) is 0 Å². The Balaban J connectivity index is 1.59. The Labute approximate surface area is 163 Å². The summed E-state index contributed by atoms with van der Waals surface area (Å²) in [6.07, 6.45) is -3.90. The molecule has 3 heterocycles. The molecule has 2 bridgehead atoms. The summed E-state index contributed by atoms with van der Waals surface area (Å²) in [5.74, 6) is -2.40. The summed E-state index contributed by atoms with van der Waals surface area (Å²) in [5.41, 5.74) is -1.71. The minimum Gasteiger partial charge on any atom is -0.448 e. The molecule has 0 aromatic heterocycles. The summed E-state index contributed by atoms with van der Waals surface area (Å²) in [4.78, 5) is 45.3. The summed E-state index contributed by atoms with van der Waals surface area (Å²) in [6, 6.07) is 2.42. The standard InChI is InChI=1S/C17H16N2O10/c1-17(2)28-13-11-6-10(20)12(14(26-11)15(13)29-17)27-16(21)7-3-8(18(22)23)5-9(4-7)19(24)25/h3-5,11-15H,6H2,1-2H3/t11-,12-,13-,14+,15-/m1/s1. The molecule has 0 saturated carbocycles. The van der Waals surface area contributed by atoms with Gasteiger partial charge >= 0.3 is 5.97 Å². The van der Waals surface area contributed by atoms with Crippen molar-refractivity contribution >= 4 is 23.1 Å². The molecule has 0 amide bonds. The smallest absolute Gasteiger partial charge is 0.339 e. The van der Waals surface area contributed by atoms with Crippen molar-refractivity contribution in [3.8, 4) is 0 Å². The number of fused-ring (bicyclic) bond motifs is 5. The van der Waals surface area contributed by atoms with Gasteiger partial charge in [0.05, 0.1) is 27.6 Å². The number of benzene rings is 1. The predicted molar refractivity (Wildman–Crippen MR) is 91.1 cm³/mol. The molecule has 3 aliphatic heterocycles. The zero-order valence-electron chi connectivity index (χ0n) is 15.3. The van der Waals surface area contributed by atoms with E-state index < -0.39 is 74.8 Å². The second kappa shape index (κ2) is 6.54. The maximum Gasteiger partial charge on any atom is 0.339 e. The maximum atomic E-state index is 12.6. The van der Waals surface area contributed by atoms with Crippen LogP contribution < -0.4 is 0 Å². The van der Waals surface area contributed by atoms with Gasteiger partial charge in [0.1, 0.15) is 18.3 Å². The number of carbonyl (C=O) groups is 2. The minimum absolute atomic E-state index is 0.0514. The van der Waals surface area contributed by atoms with E-state index in [9.17, 15) is 29.8 Å². The first kappa shape index (κ1) is 19.4. The van der Waals surface area contributed by atoms with Gasteiger partial charge in [0, 0.05) is 18.6 Å². The molecule has 0 aliphatic carbocycles. The van der Waals surface area contributed by atoms with Gasteiger partial charge in [-0.15, -0.1) is 0 Å². The normalized spacial score (nSPS) is 31.9. The zero-order chi connectivity index (χ0) is 21.1. The second-order valence-corrected chi connectivity index (χ2v) is 7.45. The largest absolute Gasteiger partial charge is 0.448 e. The summed E-state index contributed by atoms with van der Waals surface area (Å²) < 4.78 is 22.6. The van der Waals surface area contributed by atoms with E-state index in [1.54, 1.807) is 13.8 Å². The Morgan fingerprint density at radius 3 is 2.24 bits per heavy atom. The third-order valence-electron chi connectivity index (χ3n) is 5.00. The minimum atomic E-state index is -1.32. The van der Waals surface area contributed by atoms with E-state index in [1.807, 2.05) is 0 Å². The highest BCUT2D eigenvalue weighted by Gasteiger charge is 2.62. The first-order chi connectivity index (χ1) is 13.6. The van der Waals surface area contributed by atoms with Gasteiger partial charge in [-0.2, -0.15) is 0 Å². The molecule has 154 valence electrons. The van der Waals surface area contributed by atoms with Crippen LogP contribution in [0, 0.1) is 20.2 Å². The van der Waals surface area contributed by atoms with Crippen LogP contribution >= 0.6 is 0 Å². The van der Waals surface area contributed by atoms with Crippen LogP contribution in [0.25, 0.3) is 0 Å². The molecule has 29 heavy (non-hydrogen) atoms. The molecule has 1 aromatic carbocycles. The highest BCUT2D eigenvalue weighted by atomic mass is 16.8. The number of nitro benzene ring substituents is 2. The molecule has 0 spiro atoms. The number of non-ortho nitro benzene ring substituents is 2. The van der Waals surface area contributed by atoms with Crippen LogP contribution in [0.2, 0.25) is 0 Å². The number of hydrogen-bond donors (Lipinski definition) is 0. The summed E-state index contributed by atoms with van der Waals surface area (Å²) in [6.45, 7) is 3.43. The van der Waals surface area contributed by atoms with Crippen molar-refractivity contribution in [2.75, 3.05) is 0 Å². The number of rotatable bonds is 4. The Hall–Kier alpha value is -2.96. The van der Waals surface area contributed by atoms with Gasteiger partial charge < -0.3 is 18.9 Å². The average Bonchev–Trinajstić information content (AvgIpc) is 3.10. The van der Waals surface area contributed by atoms with Gasteiger partial charge in [0.15, 0.2) is 17.7 Å². The monoisotopic (exact) mass is 408 g/mol. The Morgan fingerprint density at radius 2 is 1.66 bits per heavy atom. The molecule has 0 unspecified atom stereocenters. The molecule has 1 aromatic rings. The first-order valence-electron chi connectivity index (χ1n) is 8.74. The number of carbonyl (C=O) groups excluding carboxylic acids is 2. The number of Topliss-reactive ketones (excluding diaryl/α,β-unsaturated/α-hetero) is 1. The fourth-order valence-corrected chi connectivity index (χ4v) is 3.86. The van der Waals surface area contributed by atoms with Gasteiger partial charge in [-0.25, -0.2) is 4.79 Å². The summed E-state index contributed by atoms with van der Waals surface area (Å²) >= 11 is 0. The van der Waals surface area contributed by atoms with Gasteiger partial charge in [-0.05, 0) is 13.8 Å². The predicted octanol–water partition coefficient (Wildman–Crippen LogP) is 1.29. The Bertz CT molecular complexity index is 897. The van der Waals surface area contributed by atoms with E-state index in [2.05, 4.69) is 0 Å². The molecule has 3 saturated heterocycles. The van der Waals surface area contributed by atoms with Crippen molar-refractivity contribution in [2.45, 2.75) is 56.6 Å². The van der Waals surface area contributed by atoms with E-state index in [4.69, 9.17) is 18.9 Å². The number of hydrogen-bond acceptors (Lipinski definition) is 10. The topological polar surface area (TPSA) is 157 Å². The average molecular weight is 408 g/mol. The van der Waals surface area contributed by atoms with Crippen LogP contribution in [0.1, 0.15) is 30.6 Å². The van der Waals surface area contributed by atoms with Gasteiger partial charge in [-0.1, -0.05) is 0 Å². The first-order valence-corrected chi connectivity index (χ1v) is 8.74. The maximum absolute atomic E-state index is 12.6. The second-order valence-electron chi connectivity index (χ2n) is 7.45. The van der Waals surface area contributed by atoms with Gasteiger partial charge in [-0.3, -0.25) is 25.0 Å². The Kier molecular flexibility index (Phi) is 4.37. The van der Waals surface area contributed by atoms with Gasteiger partial charge in [0.2, 0.25) is 0 Å². The van der Waals surface area contributed by atoms with E-state index in [0.29, 0.717) is 0 Å². The van der Waals surface area contributed by atoms with Crippen LogP contribution in [-0.2, 0) is 23.7 Å². The fraction of sp³-hybridized carbons (Fsp3) is 0.529. The fourth-order valence-electron chi connectivity index (χ4n) is 3.86. The van der Waals surface area contributed by atoms with Crippen molar-refractivity contribution < 1.29 is 38.4 Å². The number of esters is 1. The zero-order valence-corrected chi connectivity index (χ0v) is 15.3. The summed E-state index contributed by atoms with van der Waals surface area (Å²) in [5, 5.41) is 22.0. The molecular weight excluding hydrogens is 392 g/mol. The highest BCUT2D eigenvalue weighted by Crippen LogP contribution is 2.44. The molecule has 12 nitrogen and oxygen atoms in total. The third-order valence-corrected chi connectivity index (χ3v) is 5.00. The summed E-state index contributed by atoms with van der Waals surface area (Å²) in [7, 11) is 0. The molecule has 0 N–H and O–H groups in total. The van der Waals surface area contributed by atoms with Crippen LogP contribution in [0.3, 0.4) is 0 Å². The molecule has 12 heteroatoms. The SMILES string of the molecule is CC1(C)O[C@H]2[C@H]3O[C@H](CC(=O)[C@H]3OC(=O)c3cc([N+](=O)[O-])cc([N+](=O)[O-])c3)[C@H]2O1. The Morgan fingerprint density at radius 1 is 1.07 bits per heavy atom. The van der Waals surface area contributed by atoms with Crippen LogP contribution in [0.15, 0.2) is 18.2 Å². The van der Waals surface area contributed by atoms with Crippen LogP contribution in [-0.4, -0.2) is 57.9 Å². The van der Waals surface area contributed by atoms with Crippen molar-refractivity contribution in [2.24, 2.45) is 0 Å². The quantitative estimate of drug-likeness (QED) is 0.404. The highest BCUT2D eigenvalue weighted by molar-refractivity contribution is 5.94. The van der Waals surface area contributed by atoms with Crippen molar-refractivity contribution in [3.05, 3.63) is 44.0 Å². The van der Waals surface area contributed by atoms with Gasteiger partial charge in [0.25, 0.3) is 11.4 Å². The molecule has 3 fully saturated rings. The molecule has 5 atom stereocenters. The lowest BCUT2D eigenvalue weighted by atomic mass is 10.0. The van der Waals surface area contributed by atoms with E-state index in [-0.39, 0.29) is 6.42 Å². The van der Waals surface area contributed by atoms with Crippen molar-refractivity contribution in [3.63, 3.8) is 0 Å². The van der Waals surface area contributed by atoms with E-state index >= 15 is 0 Å². The molecular formula is C17H16N2O10. The van der Waals surface area contributed by atoms with Crippen LogP contribution in [0.5, 0.6) is 0 Å². The number of ketones is 1.